The summed E-state index contributed by atoms with van der Waals surface area (Å²) in [5, 5.41) is 3.11. The summed E-state index contributed by atoms with van der Waals surface area (Å²) in [4.78, 5) is 25.9. The van der Waals surface area contributed by atoms with Gasteiger partial charge < -0.3 is 9.73 Å². The van der Waals surface area contributed by atoms with E-state index in [4.69, 9.17) is 4.42 Å². The van der Waals surface area contributed by atoms with Crippen molar-refractivity contribution in [3.8, 4) is 11.3 Å². The molecule has 4 nitrogen and oxygen atoms in total. The first-order chi connectivity index (χ1) is 14.0. The third kappa shape index (κ3) is 3.43. The summed E-state index contributed by atoms with van der Waals surface area (Å²) in [5.74, 6) is -0.378. The van der Waals surface area contributed by atoms with Gasteiger partial charge in [0.25, 0.3) is 5.91 Å². The van der Waals surface area contributed by atoms with E-state index in [0.717, 1.165) is 5.56 Å². The van der Waals surface area contributed by atoms with E-state index >= 15 is 0 Å². The molecule has 0 bridgehead atoms. The average molecular weight is 387 g/mol. The molecule has 1 aromatic heterocycles. The Labute approximate surface area is 166 Å². The van der Waals surface area contributed by atoms with Gasteiger partial charge in [-0.25, -0.2) is 4.39 Å². The highest BCUT2D eigenvalue weighted by Crippen LogP contribution is 2.28. The van der Waals surface area contributed by atoms with Crippen LogP contribution in [0, 0.1) is 19.7 Å². The van der Waals surface area contributed by atoms with E-state index in [9.17, 15) is 14.0 Å². The molecule has 0 radical (unpaired) electrons. The third-order valence-electron chi connectivity index (χ3n) is 4.86. The number of fused-ring (bicyclic) bond motifs is 1. The van der Waals surface area contributed by atoms with Crippen LogP contribution < -0.4 is 10.7 Å². The van der Waals surface area contributed by atoms with Crippen LogP contribution in [0.3, 0.4) is 0 Å². The molecular weight excluding hydrogens is 369 g/mol. The molecule has 29 heavy (non-hydrogen) atoms. The van der Waals surface area contributed by atoms with Crippen LogP contribution in [0.2, 0.25) is 0 Å². The number of anilines is 1. The normalized spacial score (nSPS) is 10.9. The molecule has 0 saturated heterocycles. The summed E-state index contributed by atoms with van der Waals surface area (Å²) in [5.41, 5.74) is 2.61. The Morgan fingerprint density at radius 3 is 2.45 bits per heavy atom. The number of amides is 1. The van der Waals surface area contributed by atoms with Gasteiger partial charge in [-0.2, -0.15) is 0 Å². The van der Waals surface area contributed by atoms with Gasteiger partial charge in [0, 0.05) is 16.8 Å². The largest absolute Gasteiger partial charge is 0.455 e. The Morgan fingerprint density at radius 2 is 1.72 bits per heavy atom. The lowest BCUT2D eigenvalue weighted by Crippen LogP contribution is -2.15. The van der Waals surface area contributed by atoms with Crippen molar-refractivity contribution in [3.05, 3.63) is 99.5 Å². The molecule has 0 atom stereocenters. The first-order valence-corrected chi connectivity index (χ1v) is 9.15. The van der Waals surface area contributed by atoms with E-state index in [1.807, 2.05) is 30.3 Å². The van der Waals surface area contributed by atoms with Crippen LogP contribution in [-0.4, -0.2) is 5.91 Å². The molecule has 1 heterocycles. The van der Waals surface area contributed by atoms with Crippen molar-refractivity contribution in [2.75, 3.05) is 5.32 Å². The Kier molecular flexibility index (Phi) is 4.72. The Bertz CT molecular complexity index is 1290. The van der Waals surface area contributed by atoms with Gasteiger partial charge in [0.1, 0.15) is 11.6 Å². The molecule has 1 N–H and O–H groups in total. The zero-order valence-electron chi connectivity index (χ0n) is 16.0. The number of halogens is 1. The van der Waals surface area contributed by atoms with Crippen LogP contribution in [-0.2, 0) is 0 Å². The van der Waals surface area contributed by atoms with Crippen molar-refractivity contribution in [1.82, 2.24) is 0 Å². The lowest BCUT2D eigenvalue weighted by molar-refractivity contribution is 0.102. The molecule has 4 rings (SSSR count). The minimum atomic E-state index is -0.434. The highest BCUT2D eigenvalue weighted by Gasteiger charge is 2.19. The number of nitrogens with one attached hydrogen (secondary N) is 1. The van der Waals surface area contributed by atoms with Crippen molar-refractivity contribution in [1.29, 1.82) is 0 Å². The van der Waals surface area contributed by atoms with Gasteiger partial charge in [-0.1, -0.05) is 36.4 Å². The minimum Gasteiger partial charge on any atom is -0.455 e. The zero-order chi connectivity index (χ0) is 20.5. The Hall–Kier alpha value is -3.73. The van der Waals surface area contributed by atoms with Crippen LogP contribution in [0.1, 0.15) is 21.5 Å². The first kappa shape index (κ1) is 18.6. The highest BCUT2D eigenvalue weighted by molar-refractivity contribution is 6.11. The molecule has 4 aromatic rings. The predicted octanol–water partition coefficient (Wildman–Crippen LogP) is 5.47. The van der Waals surface area contributed by atoms with Gasteiger partial charge in [-0.05, 0) is 49.7 Å². The van der Waals surface area contributed by atoms with Crippen LogP contribution in [0.15, 0.2) is 75.9 Å². The Morgan fingerprint density at radius 1 is 0.966 bits per heavy atom. The van der Waals surface area contributed by atoms with E-state index in [2.05, 4.69) is 5.32 Å². The van der Waals surface area contributed by atoms with Crippen molar-refractivity contribution in [2.45, 2.75) is 13.8 Å². The van der Waals surface area contributed by atoms with Gasteiger partial charge in [-0.3, -0.25) is 9.59 Å². The quantitative estimate of drug-likeness (QED) is 0.507. The molecule has 0 aliphatic rings. The summed E-state index contributed by atoms with van der Waals surface area (Å²) < 4.78 is 19.4. The molecule has 0 fully saturated rings. The van der Waals surface area contributed by atoms with Crippen molar-refractivity contribution >= 4 is 22.6 Å². The number of para-hydroxylation sites is 1. The summed E-state index contributed by atoms with van der Waals surface area (Å²) >= 11 is 0. The van der Waals surface area contributed by atoms with E-state index in [0.29, 0.717) is 28.0 Å². The number of hydrogen-bond donors (Lipinski definition) is 1. The maximum atomic E-state index is 13.3. The van der Waals surface area contributed by atoms with Crippen molar-refractivity contribution in [3.63, 3.8) is 0 Å². The second-order valence-electron chi connectivity index (χ2n) is 6.85. The highest BCUT2D eigenvalue weighted by atomic mass is 19.1. The minimum absolute atomic E-state index is 0.183. The summed E-state index contributed by atoms with van der Waals surface area (Å²) in [6.45, 7) is 3.42. The third-order valence-corrected chi connectivity index (χ3v) is 4.86. The molecule has 144 valence electrons. The van der Waals surface area contributed by atoms with Gasteiger partial charge in [-0.15, -0.1) is 0 Å². The fourth-order valence-electron chi connectivity index (χ4n) is 3.31. The molecule has 0 saturated carbocycles. The fraction of sp³-hybridized carbons (Fsp3) is 0.0833. The lowest BCUT2D eigenvalue weighted by Gasteiger charge is -2.12. The van der Waals surface area contributed by atoms with Crippen LogP contribution in [0.5, 0.6) is 0 Å². The number of rotatable bonds is 3. The van der Waals surface area contributed by atoms with Crippen molar-refractivity contribution < 1.29 is 13.6 Å². The molecule has 0 aliphatic carbocycles. The number of carbonyl (C=O) groups is 1. The maximum Gasteiger partial charge on any atom is 0.259 e. The van der Waals surface area contributed by atoms with Gasteiger partial charge >= 0.3 is 0 Å². The second-order valence-corrected chi connectivity index (χ2v) is 6.85. The summed E-state index contributed by atoms with van der Waals surface area (Å²) in [6.07, 6.45) is 0. The second kappa shape index (κ2) is 7.36. The molecule has 1 amide bonds. The molecular formula is C24H18FNO3. The summed E-state index contributed by atoms with van der Waals surface area (Å²) in [6, 6.07) is 18.3. The lowest BCUT2D eigenvalue weighted by atomic mass is 10.0. The van der Waals surface area contributed by atoms with E-state index in [1.165, 1.54) is 18.2 Å². The van der Waals surface area contributed by atoms with Crippen LogP contribution >= 0.6 is 0 Å². The standard InChI is InChI=1S/C24H18FNO3/c1-14-13-17(25)11-12-20(14)26-24(28)19-10-6-9-18-21(27)15(2)22(29-23(18)19)16-7-4-3-5-8-16/h3-13H,1-2H3,(H,26,28). The predicted molar refractivity (Wildman–Crippen MR) is 112 cm³/mol. The zero-order valence-corrected chi connectivity index (χ0v) is 16.0. The molecule has 5 heteroatoms. The number of carbonyl (C=O) groups excluding carboxylic acids is 1. The molecule has 0 aliphatic heterocycles. The fourth-order valence-corrected chi connectivity index (χ4v) is 3.31. The van der Waals surface area contributed by atoms with Crippen molar-refractivity contribution in [2.24, 2.45) is 0 Å². The van der Waals surface area contributed by atoms with Gasteiger partial charge in [0.15, 0.2) is 11.0 Å². The van der Waals surface area contributed by atoms with Gasteiger partial charge in [0.05, 0.1) is 10.9 Å². The monoisotopic (exact) mass is 387 g/mol. The summed E-state index contributed by atoms with van der Waals surface area (Å²) in [7, 11) is 0. The SMILES string of the molecule is Cc1cc(F)ccc1NC(=O)c1cccc2c(=O)c(C)c(-c3ccccc3)oc12. The van der Waals surface area contributed by atoms with E-state index in [-0.39, 0.29) is 22.4 Å². The van der Waals surface area contributed by atoms with Gasteiger partial charge in [0.2, 0.25) is 0 Å². The first-order valence-electron chi connectivity index (χ1n) is 9.15. The topological polar surface area (TPSA) is 59.3 Å². The number of aryl methyl sites for hydroxylation is 1. The molecule has 0 unspecified atom stereocenters. The van der Waals surface area contributed by atoms with E-state index < -0.39 is 5.91 Å². The van der Waals surface area contributed by atoms with Crippen LogP contribution in [0.25, 0.3) is 22.3 Å². The molecule has 0 spiro atoms. The maximum absolute atomic E-state index is 13.3. The average Bonchev–Trinajstić information content (AvgIpc) is 2.73. The number of hydrogen-bond acceptors (Lipinski definition) is 3. The molecule has 3 aromatic carbocycles. The van der Waals surface area contributed by atoms with Crippen LogP contribution in [0.4, 0.5) is 10.1 Å². The smallest absolute Gasteiger partial charge is 0.259 e. The Balaban J connectivity index is 1.86. The van der Waals surface area contributed by atoms with E-state index in [1.54, 1.807) is 32.0 Å². The number of benzene rings is 3.